The molecule has 4 rings (SSSR count). The fourth-order valence-corrected chi connectivity index (χ4v) is 8.21. The maximum absolute atomic E-state index is 13.3. The third kappa shape index (κ3) is 6.34. The van der Waals surface area contributed by atoms with Crippen molar-refractivity contribution in [1.82, 2.24) is 14.5 Å². The molecule has 10 nitrogen and oxygen atoms in total. The average molecular weight is 577 g/mol. The van der Waals surface area contributed by atoms with Gasteiger partial charge in [-0.1, -0.05) is 20.3 Å². The molecule has 1 aromatic carbocycles. The van der Waals surface area contributed by atoms with Crippen molar-refractivity contribution < 1.29 is 27.5 Å². The minimum absolute atomic E-state index is 0.0144. The van der Waals surface area contributed by atoms with E-state index in [0.717, 1.165) is 49.2 Å². The Hall–Kier alpha value is -2.80. The number of rotatable bonds is 8. The number of nitrogens with one attached hydrogen (secondary N) is 2. The summed E-state index contributed by atoms with van der Waals surface area (Å²) < 4.78 is 33.0. The maximum Gasteiger partial charge on any atom is 0.414 e. The molecule has 2 aromatic rings. The van der Waals surface area contributed by atoms with E-state index in [0.29, 0.717) is 24.5 Å². The highest BCUT2D eigenvalue weighted by atomic mass is 32.2. The lowest BCUT2D eigenvalue weighted by Gasteiger charge is -2.34. The number of imide groups is 1. The van der Waals surface area contributed by atoms with Crippen molar-refractivity contribution >= 4 is 44.3 Å². The summed E-state index contributed by atoms with van der Waals surface area (Å²) in [5, 5.41) is 5.42. The number of alkyl carbamates (subject to hydrolysis) is 1. The third-order valence-electron chi connectivity index (χ3n) is 7.30. The number of fused-ring (bicyclic) bond motifs is 1. The standard InChI is InChI=1S/C27H36N4O6S2/c1-4-19-9-7-8-15-31(19)39(35,36)20-12-10-18(11-13-20)24(32)28-26-23(25(33)29-27(34)37-6-3)21-14-16-30(5-2)17-22(21)38-26/h10-13,19H,4-9,14-17H2,1-3H3,(H,28,32)(H,29,33,34). The molecule has 2 N–H and O–H groups in total. The molecule has 0 bridgehead atoms. The van der Waals surface area contributed by atoms with Crippen molar-refractivity contribution in [1.29, 1.82) is 0 Å². The van der Waals surface area contributed by atoms with E-state index in [1.807, 2.05) is 6.92 Å². The molecule has 1 fully saturated rings. The Morgan fingerprint density at radius 1 is 1.05 bits per heavy atom. The predicted octanol–water partition coefficient (Wildman–Crippen LogP) is 4.22. The lowest BCUT2D eigenvalue weighted by Crippen LogP contribution is -2.43. The van der Waals surface area contributed by atoms with Crippen LogP contribution in [-0.4, -0.2) is 67.8 Å². The highest BCUT2D eigenvalue weighted by Crippen LogP contribution is 2.37. The second-order valence-corrected chi connectivity index (χ2v) is 12.6. The van der Waals surface area contributed by atoms with Crippen LogP contribution in [0.2, 0.25) is 0 Å². The van der Waals surface area contributed by atoms with Crippen LogP contribution in [0.1, 0.15) is 77.6 Å². The number of likely N-dealkylation sites (N-methyl/N-ethyl adjacent to an activating group) is 1. The van der Waals surface area contributed by atoms with Gasteiger partial charge in [-0.25, -0.2) is 13.2 Å². The molecule has 212 valence electrons. The fraction of sp³-hybridized carbons (Fsp3) is 0.519. The number of hydrogen-bond acceptors (Lipinski definition) is 8. The number of carbonyl (C=O) groups is 3. The first-order valence-corrected chi connectivity index (χ1v) is 15.7. The van der Waals surface area contributed by atoms with E-state index in [4.69, 9.17) is 4.74 Å². The molecule has 39 heavy (non-hydrogen) atoms. The summed E-state index contributed by atoms with van der Waals surface area (Å²) in [6.07, 6.45) is 3.23. The van der Waals surface area contributed by atoms with Crippen molar-refractivity contribution in [3.05, 3.63) is 45.8 Å². The van der Waals surface area contributed by atoms with Crippen molar-refractivity contribution in [2.45, 2.75) is 70.4 Å². The van der Waals surface area contributed by atoms with E-state index >= 15 is 0 Å². The number of carbonyl (C=O) groups excluding carboxylic acids is 3. The Kier molecular flexibility index (Phi) is 9.42. The molecule has 0 radical (unpaired) electrons. The Balaban J connectivity index is 1.57. The predicted molar refractivity (Wildman–Crippen MR) is 150 cm³/mol. The van der Waals surface area contributed by atoms with E-state index in [1.165, 1.54) is 35.6 Å². The Morgan fingerprint density at radius 3 is 2.46 bits per heavy atom. The second-order valence-electron chi connectivity index (χ2n) is 9.65. The fourth-order valence-electron chi connectivity index (χ4n) is 5.16. The van der Waals surface area contributed by atoms with Gasteiger partial charge in [-0.15, -0.1) is 11.3 Å². The molecule has 3 heterocycles. The van der Waals surface area contributed by atoms with E-state index in [-0.39, 0.29) is 28.7 Å². The number of piperidine rings is 1. The van der Waals surface area contributed by atoms with Crippen LogP contribution in [0.4, 0.5) is 9.80 Å². The van der Waals surface area contributed by atoms with Gasteiger partial charge in [0.05, 0.1) is 17.1 Å². The van der Waals surface area contributed by atoms with Crippen molar-refractivity contribution in [2.24, 2.45) is 0 Å². The van der Waals surface area contributed by atoms with Crippen molar-refractivity contribution in [2.75, 3.05) is 31.6 Å². The summed E-state index contributed by atoms with van der Waals surface area (Å²) in [6, 6.07) is 5.87. The largest absolute Gasteiger partial charge is 0.450 e. The summed E-state index contributed by atoms with van der Waals surface area (Å²) in [5.74, 6) is -1.10. The molecule has 0 spiro atoms. The van der Waals surface area contributed by atoms with Gasteiger partial charge in [-0.2, -0.15) is 4.31 Å². The van der Waals surface area contributed by atoms with Crippen LogP contribution in [0, 0.1) is 0 Å². The smallest absolute Gasteiger partial charge is 0.414 e. The number of hydrogen-bond donors (Lipinski definition) is 2. The first-order valence-electron chi connectivity index (χ1n) is 13.5. The van der Waals surface area contributed by atoms with Gasteiger partial charge in [0, 0.05) is 36.1 Å². The quantitative estimate of drug-likeness (QED) is 0.482. The number of benzene rings is 1. The van der Waals surface area contributed by atoms with Gasteiger partial charge in [-0.05, 0) is 69.0 Å². The minimum Gasteiger partial charge on any atom is -0.450 e. The normalized spacial score (nSPS) is 18.3. The van der Waals surface area contributed by atoms with Gasteiger partial charge in [0.1, 0.15) is 5.00 Å². The zero-order valence-electron chi connectivity index (χ0n) is 22.6. The number of sulfonamides is 1. The molecule has 1 atom stereocenters. The van der Waals surface area contributed by atoms with Crippen molar-refractivity contribution in [3.8, 4) is 0 Å². The molecule has 1 unspecified atom stereocenters. The van der Waals surface area contributed by atoms with Crippen LogP contribution in [0.15, 0.2) is 29.2 Å². The monoisotopic (exact) mass is 576 g/mol. The maximum atomic E-state index is 13.3. The number of nitrogens with zero attached hydrogens (tertiary/aromatic N) is 2. The van der Waals surface area contributed by atoms with Gasteiger partial charge in [-0.3, -0.25) is 19.8 Å². The zero-order valence-corrected chi connectivity index (χ0v) is 24.3. The number of amides is 3. The van der Waals surface area contributed by atoms with Crippen LogP contribution < -0.4 is 10.6 Å². The summed E-state index contributed by atoms with van der Waals surface area (Å²) in [6.45, 7) is 8.59. The molecule has 12 heteroatoms. The van der Waals surface area contributed by atoms with Crippen LogP contribution >= 0.6 is 11.3 Å². The van der Waals surface area contributed by atoms with Crippen LogP contribution in [0.5, 0.6) is 0 Å². The van der Waals surface area contributed by atoms with E-state index in [9.17, 15) is 22.8 Å². The van der Waals surface area contributed by atoms with Crippen LogP contribution in [-0.2, 0) is 27.7 Å². The Labute approximate surface area is 233 Å². The molecule has 1 aromatic heterocycles. The zero-order chi connectivity index (χ0) is 28.2. The summed E-state index contributed by atoms with van der Waals surface area (Å²) in [5.41, 5.74) is 1.34. The van der Waals surface area contributed by atoms with Crippen LogP contribution in [0.3, 0.4) is 0 Å². The molecule has 1 saturated heterocycles. The molecular weight excluding hydrogens is 540 g/mol. The van der Waals surface area contributed by atoms with Crippen LogP contribution in [0.25, 0.3) is 0 Å². The number of thiophene rings is 1. The number of anilines is 1. The highest BCUT2D eigenvalue weighted by Gasteiger charge is 2.33. The lowest BCUT2D eigenvalue weighted by atomic mass is 10.0. The molecule has 2 aliphatic rings. The van der Waals surface area contributed by atoms with Gasteiger partial charge in [0.2, 0.25) is 10.0 Å². The number of ether oxygens (including phenoxy) is 1. The summed E-state index contributed by atoms with van der Waals surface area (Å²) >= 11 is 1.31. The SMILES string of the molecule is CCOC(=O)NC(=O)c1c(NC(=O)c2ccc(S(=O)(=O)N3CCCCC3CC)cc2)sc2c1CCN(CC)C2. The van der Waals surface area contributed by atoms with Gasteiger partial charge in [0.15, 0.2) is 0 Å². The summed E-state index contributed by atoms with van der Waals surface area (Å²) in [4.78, 5) is 41.6. The van der Waals surface area contributed by atoms with E-state index in [2.05, 4.69) is 22.5 Å². The molecule has 0 aliphatic carbocycles. The highest BCUT2D eigenvalue weighted by molar-refractivity contribution is 7.89. The first kappa shape index (κ1) is 29.2. The lowest BCUT2D eigenvalue weighted by molar-refractivity contribution is 0.0924. The van der Waals surface area contributed by atoms with Crippen molar-refractivity contribution in [3.63, 3.8) is 0 Å². The molecular formula is C27H36N4O6S2. The summed E-state index contributed by atoms with van der Waals surface area (Å²) in [7, 11) is -3.67. The molecule has 3 amide bonds. The first-order chi connectivity index (χ1) is 18.7. The Morgan fingerprint density at radius 2 is 1.79 bits per heavy atom. The average Bonchev–Trinajstić information content (AvgIpc) is 3.30. The second kappa shape index (κ2) is 12.6. The third-order valence-corrected chi connectivity index (χ3v) is 10.4. The van der Waals surface area contributed by atoms with E-state index < -0.39 is 27.9 Å². The van der Waals surface area contributed by atoms with Gasteiger partial charge >= 0.3 is 6.09 Å². The molecule has 2 aliphatic heterocycles. The topological polar surface area (TPSA) is 125 Å². The van der Waals surface area contributed by atoms with Gasteiger partial charge < -0.3 is 10.1 Å². The van der Waals surface area contributed by atoms with E-state index in [1.54, 1.807) is 11.2 Å². The molecule has 0 saturated carbocycles. The minimum atomic E-state index is -3.67. The van der Waals surface area contributed by atoms with Gasteiger partial charge in [0.25, 0.3) is 11.8 Å². The Bertz CT molecular complexity index is 1320.